The van der Waals surface area contributed by atoms with Crippen molar-refractivity contribution in [2.75, 3.05) is 6.54 Å². The quantitative estimate of drug-likeness (QED) is 0.683. The third-order valence-electron chi connectivity index (χ3n) is 1.79. The molecule has 2 nitrogen and oxygen atoms in total. The molecule has 1 aromatic heterocycles. The lowest BCUT2D eigenvalue weighted by Gasteiger charge is -1.96. The summed E-state index contributed by atoms with van der Waals surface area (Å²) in [4.78, 5) is 4.28. The number of pyridine rings is 1. The average molecular weight is 174 g/mol. The standard InChI is InChI=1S/C11H14N2/c1-2-10-6-7-11(13-9-10)5-3-4-8-12/h6-7,9H,2,5,8,12H2,1H3. The Morgan fingerprint density at radius 1 is 1.38 bits per heavy atom. The Hall–Kier alpha value is -1.33. The van der Waals surface area contributed by atoms with E-state index in [2.05, 4.69) is 29.8 Å². The molecule has 0 amide bonds. The van der Waals surface area contributed by atoms with Crippen molar-refractivity contribution in [3.05, 3.63) is 29.6 Å². The largest absolute Gasteiger partial charge is 0.320 e. The molecule has 0 aliphatic carbocycles. The lowest BCUT2D eigenvalue weighted by atomic mass is 10.2. The summed E-state index contributed by atoms with van der Waals surface area (Å²) in [7, 11) is 0. The lowest BCUT2D eigenvalue weighted by Crippen LogP contribution is -1.94. The molecule has 1 rings (SSSR count). The summed E-state index contributed by atoms with van der Waals surface area (Å²) >= 11 is 0. The number of aromatic nitrogens is 1. The van der Waals surface area contributed by atoms with Crippen LogP contribution >= 0.6 is 0 Å². The SMILES string of the molecule is CCc1ccc(CC#CCN)nc1. The van der Waals surface area contributed by atoms with E-state index in [-0.39, 0.29) is 0 Å². The van der Waals surface area contributed by atoms with Crippen molar-refractivity contribution in [2.45, 2.75) is 19.8 Å². The van der Waals surface area contributed by atoms with Crippen LogP contribution in [0.15, 0.2) is 18.3 Å². The van der Waals surface area contributed by atoms with Crippen LogP contribution in [0.25, 0.3) is 0 Å². The number of hydrogen-bond donors (Lipinski definition) is 1. The van der Waals surface area contributed by atoms with E-state index in [0.29, 0.717) is 13.0 Å². The molecule has 13 heavy (non-hydrogen) atoms. The van der Waals surface area contributed by atoms with E-state index < -0.39 is 0 Å². The topological polar surface area (TPSA) is 38.9 Å². The first kappa shape index (κ1) is 9.76. The second-order valence-corrected chi connectivity index (χ2v) is 2.75. The fourth-order valence-electron chi connectivity index (χ4n) is 0.994. The predicted octanol–water partition coefficient (Wildman–Crippen LogP) is 1.15. The minimum atomic E-state index is 0.424. The molecule has 68 valence electrons. The van der Waals surface area contributed by atoms with Crippen molar-refractivity contribution in [3.63, 3.8) is 0 Å². The van der Waals surface area contributed by atoms with E-state index in [0.717, 1.165) is 12.1 Å². The Labute approximate surface area is 79.2 Å². The molecule has 0 aromatic carbocycles. The Bertz CT molecular complexity index is 303. The maximum Gasteiger partial charge on any atom is 0.0551 e. The van der Waals surface area contributed by atoms with Crippen LogP contribution in [-0.4, -0.2) is 11.5 Å². The minimum Gasteiger partial charge on any atom is -0.320 e. The molecule has 0 spiro atoms. The molecule has 0 fully saturated rings. The van der Waals surface area contributed by atoms with E-state index in [1.807, 2.05) is 12.3 Å². The molecule has 2 N–H and O–H groups in total. The van der Waals surface area contributed by atoms with Crippen LogP contribution in [0.4, 0.5) is 0 Å². The summed E-state index contributed by atoms with van der Waals surface area (Å²) < 4.78 is 0. The number of aryl methyl sites for hydroxylation is 1. The molecule has 2 heteroatoms. The van der Waals surface area contributed by atoms with Crippen molar-refractivity contribution in [1.29, 1.82) is 0 Å². The summed E-state index contributed by atoms with van der Waals surface area (Å²) in [5.74, 6) is 5.76. The Morgan fingerprint density at radius 3 is 2.77 bits per heavy atom. The molecule has 0 atom stereocenters. The molecule has 1 aromatic rings. The molecule has 0 saturated heterocycles. The molecule has 0 radical (unpaired) electrons. The van der Waals surface area contributed by atoms with Crippen LogP contribution in [0.3, 0.4) is 0 Å². The first-order valence-corrected chi connectivity index (χ1v) is 4.46. The third-order valence-corrected chi connectivity index (χ3v) is 1.79. The Morgan fingerprint density at radius 2 is 2.23 bits per heavy atom. The average Bonchev–Trinajstić information content (AvgIpc) is 2.19. The monoisotopic (exact) mass is 174 g/mol. The Kier molecular flexibility index (Phi) is 4.01. The van der Waals surface area contributed by atoms with Crippen molar-refractivity contribution in [1.82, 2.24) is 4.98 Å². The molecule has 0 aliphatic rings. The summed E-state index contributed by atoms with van der Waals surface area (Å²) in [5, 5.41) is 0. The van der Waals surface area contributed by atoms with Gasteiger partial charge in [-0.3, -0.25) is 4.98 Å². The summed E-state index contributed by atoms with van der Waals surface area (Å²) in [6.45, 7) is 2.54. The van der Waals surface area contributed by atoms with Crippen LogP contribution in [0.2, 0.25) is 0 Å². The molecular formula is C11H14N2. The zero-order valence-electron chi connectivity index (χ0n) is 7.88. The van der Waals surface area contributed by atoms with Gasteiger partial charge in [0.1, 0.15) is 0 Å². The van der Waals surface area contributed by atoms with Crippen LogP contribution in [0, 0.1) is 11.8 Å². The molecular weight excluding hydrogens is 160 g/mol. The third kappa shape index (κ3) is 3.27. The molecule has 0 unspecified atom stereocenters. The number of nitrogens with two attached hydrogens (primary N) is 1. The van der Waals surface area contributed by atoms with E-state index in [4.69, 9.17) is 5.73 Å². The first-order valence-electron chi connectivity index (χ1n) is 4.46. The van der Waals surface area contributed by atoms with Gasteiger partial charge in [0, 0.05) is 6.20 Å². The second kappa shape index (κ2) is 5.34. The molecule has 0 bridgehead atoms. The van der Waals surface area contributed by atoms with E-state index in [1.54, 1.807) is 0 Å². The van der Waals surface area contributed by atoms with Gasteiger partial charge in [-0.2, -0.15) is 0 Å². The second-order valence-electron chi connectivity index (χ2n) is 2.75. The van der Waals surface area contributed by atoms with Gasteiger partial charge in [0.2, 0.25) is 0 Å². The number of rotatable bonds is 2. The highest BCUT2D eigenvalue weighted by Crippen LogP contribution is 2.00. The van der Waals surface area contributed by atoms with Crippen LogP contribution in [0.1, 0.15) is 18.2 Å². The van der Waals surface area contributed by atoms with Crippen molar-refractivity contribution < 1.29 is 0 Å². The normalized spacial score (nSPS) is 9.08. The smallest absolute Gasteiger partial charge is 0.0551 e. The zero-order chi connectivity index (χ0) is 9.52. The maximum atomic E-state index is 5.24. The van der Waals surface area contributed by atoms with Gasteiger partial charge in [0.05, 0.1) is 18.7 Å². The number of hydrogen-bond acceptors (Lipinski definition) is 2. The van der Waals surface area contributed by atoms with Gasteiger partial charge in [-0.25, -0.2) is 0 Å². The summed E-state index contributed by atoms with van der Waals surface area (Å²) in [5.41, 5.74) is 7.52. The fourth-order valence-corrected chi connectivity index (χ4v) is 0.994. The lowest BCUT2D eigenvalue weighted by molar-refractivity contribution is 1.05. The summed E-state index contributed by atoms with van der Waals surface area (Å²) in [6, 6.07) is 4.11. The van der Waals surface area contributed by atoms with Gasteiger partial charge in [-0.15, -0.1) is 0 Å². The molecule has 0 saturated carbocycles. The van der Waals surface area contributed by atoms with Gasteiger partial charge in [0.15, 0.2) is 0 Å². The molecule has 0 aliphatic heterocycles. The Balaban J connectivity index is 2.59. The minimum absolute atomic E-state index is 0.424. The highest BCUT2D eigenvalue weighted by Gasteiger charge is 1.91. The van der Waals surface area contributed by atoms with Crippen LogP contribution < -0.4 is 5.73 Å². The number of nitrogens with zero attached hydrogens (tertiary/aromatic N) is 1. The van der Waals surface area contributed by atoms with Gasteiger partial charge in [-0.05, 0) is 18.1 Å². The van der Waals surface area contributed by atoms with E-state index in [1.165, 1.54) is 5.56 Å². The zero-order valence-corrected chi connectivity index (χ0v) is 7.88. The van der Waals surface area contributed by atoms with Gasteiger partial charge >= 0.3 is 0 Å². The molecule has 1 heterocycles. The van der Waals surface area contributed by atoms with Crippen molar-refractivity contribution in [2.24, 2.45) is 5.73 Å². The summed E-state index contributed by atoms with van der Waals surface area (Å²) in [6.07, 6.45) is 3.63. The van der Waals surface area contributed by atoms with Crippen molar-refractivity contribution in [3.8, 4) is 11.8 Å². The fraction of sp³-hybridized carbons (Fsp3) is 0.364. The van der Waals surface area contributed by atoms with Crippen LogP contribution in [0.5, 0.6) is 0 Å². The van der Waals surface area contributed by atoms with Gasteiger partial charge in [0.25, 0.3) is 0 Å². The highest BCUT2D eigenvalue weighted by molar-refractivity contribution is 5.18. The van der Waals surface area contributed by atoms with Gasteiger partial charge in [-0.1, -0.05) is 24.8 Å². The van der Waals surface area contributed by atoms with E-state index in [9.17, 15) is 0 Å². The van der Waals surface area contributed by atoms with E-state index >= 15 is 0 Å². The highest BCUT2D eigenvalue weighted by atomic mass is 14.7. The van der Waals surface area contributed by atoms with Gasteiger partial charge < -0.3 is 5.73 Å². The maximum absolute atomic E-state index is 5.24. The van der Waals surface area contributed by atoms with Crippen molar-refractivity contribution >= 4 is 0 Å². The predicted molar refractivity (Wildman–Crippen MR) is 54.1 cm³/mol. The first-order chi connectivity index (χ1) is 6.36. The van der Waals surface area contributed by atoms with Crippen LogP contribution in [-0.2, 0) is 12.8 Å².